The molecule has 2 amide bonds. The van der Waals surface area contributed by atoms with E-state index in [9.17, 15) is 9.59 Å². The van der Waals surface area contributed by atoms with E-state index in [1.807, 2.05) is 79.7 Å². The first kappa shape index (κ1) is 29.2. The maximum atomic E-state index is 13.7. The van der Waals surface area contributed by atoms with Crippen LogP contribution in [-0.2, 0) is 28.0 Å². The lowest BCUT2D eigenvalue weighted by atomic mass is 9.87. The average molecular weight is 582 g/mol. The van der Waals surface area contributed by atoms with E-state index in [-0.39, 0.29) is 30.4 Å². The zero-order valence-electron chi connectivity index (χ0n) is 22.8. The third-order valence-electron chi connectivity index (χ3n) is 6.26. The maximum Gasteiger partial charge on any atom is 0.261 e. The largest absolute Gasteiger partial charge is 0.497 e. The number of benzene rings is 3. The predicted molar refractivity (Wildman–Crippen MR) is 154 cm³/mol. The Morgan fingerprint density at radius 1 is 0.974 bits per heavy atom. The summed E-state index contributed by atoms with van der Waals surface area (Å²) < 4.78 is 12.1. The summed E-state index contributed by atoms with van der Waals surface area (Å²) in [6.45, 7) is 8.79. The lowest BCUT2D eigenvalue weighted by Gasteiger charge is -2.31. The molecule has 0 aliphatic heterocycles. The van der Waals surface area contributed by atoms with Gasteiger partial charge in [0.05, 0.1) is 11.6 Å². The standard InChI is InChI=1S/C31H37BrN2O4/c1-6-33-30(36)27(18-22-11-8-7-9-12-22)34(20-23-13-10-14-25(17-23)37-5)29(35)21-38-28-16-15-24(19-26(28)32)31(2,3)4/h7-17,19,27H,6,18,20-21H2,1-5H3,(H,33,36). The van der Waals surface area contributed by atoms with Crippen LogP contribution in [0, 0.1) is 0 Å². The summed E-state index contributed by atoms with van der Waals surface area (Å²) in [5, 5.41) is 2.91. The predicted octanol–water partition coefficient (Wildman–Crippen LogP) is 5.91. The van der Waals surface area contributed by atoms with Gasteiger partial charge in [0.25, 0.3) is 5.91 Å². The fraction of sp³-hybridized carbons (Fsp3) is 0.355. The Hall–Kier alpha value is -3.32. The molecule has 0 bridgehead atoms. The number of rotatable bonds is 11. The van der Waals surface area contributed by atoms with Crippen molar-refractivity contribution in [3.05, 3.63) is 94.0 Å². The van der Waals surface area contributed by atoms with Crippen LogP contribution >= 0.6 is 15.9 Å². The average Bonchev–Trinajstić information content (AvgIpc) is 2.90. The van der Waals surface area contributed by atoms with Gasteiger partial charge in [-0.15, -0.1) is 0 Å². The summed E-state index contributed by atoms with van der Waals surface area (Å²) in [6, 6.07) is 22.4. The monoisotopic (exact) mass is 580 g/mol. The summed E-state index contributed by atoms with van der Waals surface area (Å²) >= 11 is 3.59. The quantitative estimate of drug-likeness (QED) is 0.306. The highest BCUT2D eigenvalue weighted by molar-refractivity contribution is 9.10. The molecule has 0 saturated carbocycles. The number of amides is 2. The molecule has 0 aliphatic rings. The Kier molecular flexibility index (Phi) is 10.4. The first-order valence-corrected chi connectivity index (χ1v) is 13.6. The van der Waals surface area contributed by atoms with Crippen LogP contribution in [0.1, 0.15) is 44.4 Å². The summed E-state index contributed by atoms with van der Waals surface area (Å²) in [5.41, 5.74) is 2.97. The second-order valence-electron chi connectivity index (χ2n) is 10.2. The van der Waals surface area contributed by atoms with Gasteiger partial charge in [-0.1, -0.05) is 69.3 Å². The maximum absolute atomic E-state index is 13.7. The number of hydrogen-bond acceptors (Lipinski definition) is 4. The van der Waals surface area contributed by atoms with Crippen LogP contribution in [0.4, 0.5) is 0 Å². The Morgan fingerprint density at radius 3 is 2.32 bits per heavy atom. The molecule has 0 spiro atoms. The lowest BCUT2D eigenvalue weighted by Crippen LogP contribution is -2.51. The van der Waals surface area contributed by atoms with E-state index in [1.165, 1.54) is 0 Å². The number of carbonyl (C=O) groups excluding carboxylic acids is 2. The van der Waals surface area contributed by atoms with Crippen LogP contribution in [0.2, 0.25) is 0 Å². The second-order valence-corrected chi connectivity index (χ2v) is 11.0. The molecule has 0 radical (unpaired) electrons. The fourth-order valence-corrected chi connectivity index (χ4v) is 4.61. The number of nitrogens with one attached hydrogen (secondary N) is 1. The third-order valence-corrected chi connectivity index (χ3v) is 6.88. The van der Waals surface area contributed by atoms with Crippen molar-refractivity contribution in [3.8, 4) is 11.5 Å². The van der Waals surface area contributed by atoms with Crippen LogP contribution in [0.3, 0.4) is 0 Å². The van der Waals surface area contributed by atoms with Gasteiger partial charge in [-0.2, -0.15) is 0 Å². The number of carbonyl (C=O) groups is 2. The Bertz CT molecular complexity index is 1220. The van der Waals surface area contributed by atoms with Gasteiger partial charge in [0.2, 0.25) is 5.91 Å². The van der Waals surface area contributed by atoms with Crippen molar-refractivity contribution >= 4 is 27.7 Å². The molecule has 6 nitrogen and oxygen atoms in total. The van der Waals surface area contributed by atoms with Crippen LogP contribution in [0.15, 0.2) is 77.3 Å². The molecule has 0 aromatic heterocycles. The highest BCUT2D eigenvalue weighted by atomic mass is 79.9. The van der Waals surface area contributed by atoms with E-state index >= 15 is 0 Å². The first-order chi connectivity index (χ1) is 18.1. The summed E-state index contributed by atoms with van der Waals surface area (Å²) in [7, 11) is 1.60. The summed E-state index contributed by atoms with van der Waals surface area (Å²) in [4.78, 5) is 28.6. The normalized spacial score (nSPS) is 11.9. The van der Waals surface area contributed by atoms with Gasteiger partial charge in [0.15, 0.2) is 6.61 Å². The molecule has 1 unspecified atom stereocenters. The molecule has 7 heteroatoms. The third kappa shape index (κ3) is 8.09. The molecule has 3 aromatic rings. The molecule has 3 rings (SSSR count). The van der Waals surface area contributed by atoms with Crippen LogP contribution in [0.25, 0.3) is 0 Å². The van der Waals surface area contributed by atoms with Crippen LogP contribution in [-0.4, -0.2) is 43.0 Å². The van der Waals surface area contributed by atoms with Gasteiger partial charge in [-0.25, -0.2) is 0 Å². The second kappa shape index (κ2) is 13.5. The number of nitrogens with zero attached hydrogens (tertiary/aromatic N) is 1. The number of ether oxygens (including phenoxy) is 2. The zero-order valence-corrected chi connectivity index (χ0v) is 24.4. The number of methoxy groups -OCH3 is 1. The van der Waals surface area contributed by atoms with Gasteiger partial charge in [-0.3, -0.25) is 9.59 Å². The van der Waals surface area contributed by atoms with E-state index in [0.29, 0.717) is 24.5 Å². The van der Waals surface area contributed by atoms with Crippen molar-refractivity contribution in [2.24, 2.45) is 0 Å². The van der Waals surface area contributed by atoms with Crippen molar-refractivity contribution in [1.82, 2.24) is 10.2 Å². The van der Waals surface area contributed by atoms with Gasteiger partial charge in [-0.05, 0) is 69.2 Å². The molecular weight excluding hydrogens is 544 g/mol. The van der Waals surface area contributed by atoms with Gasteiger partial charge in [0.1, 0.15) is 17.5 Å². The molecular formula is C31H37BrN2O4. The Morgan fingerprint density at radius 2 is 1.68 bits per heavy atom. The van der Waals surface area contributed by atoms with Crippen molar-refractivity contribution in [3.63, 3.8) is 0 Å². The lowest BCUT2D eigenvalue weighted by molar-refractivity contribution is -0.142. The highest BCUT2D eigenvalue weighted by Gasteiger charge is 2.30. The number of hydrogen-bond donors (Lipinski definition) is 1. The van der Waals surface area contributed by atoms with Crippen LogP contribution in [0.5, 0.6) is 11.5 Å². The first-order valence-electron chi connectivity index (χ1n) is 12.8. The summed E-state index contributed by atoms with van der Waals surface area (Å²) in [6.07, 6.45) is 0.381. The molecule has 1 N–H and O–H groups in total. The Balaban J connectivity index is 1.90. The number of halogens is 1. The van der Waals surface area contributed by atoms with E-state index < -0.39 is 6.04 Å². The Labute approximate surface area is 234 Å². The van der Waals surface area contributed by atoms with E-state index in [2.05, 4.69) is 42.0 Å². The molecule has 0 saturated heterocycles. The molecule has 0 aliphatic carbocycles. The SMILES string of the molecule is CCNC(=O)C(Cc1ccccc1)N(Cc1cccc(OC)c1)C(=O)COc1ccc(C(C)(C)C)cc1Br. The van der Waals surface area contributed by atoms with E-state index in [1.54, 1.807) is 12.0 Å². The highest BCUT2D eigenvalue weighted by Crippen LogP contribution is 2.31. The molecule has 0 fully saturated rings. The zero-order chi connectivity index (χ0) is 27.7. The number of likely N-dealkylation sites (N-methyl/N-ethyl adjacent to an activating group) is 1. The van der Waals surface area contributed by atoms with Crippen molar-refractivity contribution < 1.29 is 19.1 Å². The molecule has 0 heterocycles. The van der Waals surface area contributed by atoms with Crippen LogP contribution < -0.4 is 14.8 Å². The van der Waals surface area contributed by atoms with E-state index in [0.717, 1.165) is 21.2 Å². The molecule has 202 valence electrons. The van der Waals surface area contributed by atoms with Crippen molar-refractivity contribution in [2.75, 3.05) is 20.3 Å². The molecule has 1 atom stereocenters. The fourth-order valence-electron chi connectivity index (χ4n) is 4.12. The smallest absolute Gasteiger partial charge is 0.261 e. The minimum absolute atomic E-state index is 0.0122. The molecule has 38 heavy (non-hydrogen) atoms. The summed E-state index contributed by atoms with van der Waals surface area (Å²) in [5.74, 6) is 0.770. The van der Waals surface area contributed by atoms with Gasteiger partial charge < -0.3 is 19.7 Å². The van der Waals surface area contributed by atoms with Crippen molar-refractivity contribution in [1.29, 1.82) is 0 Å². The minimum Gasteiger partial charge on any atom is -0.497 e. The topological polar surface area (TPSA) is 67.9 Å². The van der Waals surface area contributed by atoms with E-state index in [4.69, 9.17) is 9.47 Å². The minimum atomic E-state index is -0.716. The molecule has 3 aromatic carbocycles. The van der Waals surface area contributed by atoms with Gasteiger partial charge >= 0.3 is 0 Å². The van der Waals surface area contributed by atoms with Gasteiger partial charge in [0, 0.05) is 19.5 Å². The van der Waals surface area contributed by atoms with Crippen molar-refractivity contribution in [2.45, 2.75) is 52.1 Å².